The summed E-state index contributed by atoms with van der Waals surface area (Å²) in [5, 5.41) is 0. The third kappa shape index (κ3) is 2.44. The fraction of sp³-hybridized carbons (Fsp3) is 0.0909. The molecule has 17 heavy (non-hydrogen) atoms. The third-order valence-electron chi connectivity index (χ3n) is 2.41. The summed E-state index contributed by atoms with van der Waals surface area (Å²) in [7, 11) is 0. The summed E-state index contributed by atoms with van der Waals surface area (Å²) < 4.78 is 0.867. The summed E-state index contributed by atoms with van der Waals surface area (Å²) in [6, 6.07) is 7.13. The average molecular weight is 294 g/mol. The van der Waals surface area contributed by atoms with Gasteiger partial charge in [0.1, 0.15) is 5.82 Å². The monoisotopic (exact) mass is 293 g/mol. The Kier molecular flexibility index (Phi) is 3.68. The molecule has 1 unspecified atom stereocenters. The molecule has 0 aliphatic heterocycles. The topological polar surface area (TPSA) is 89.8 Å². The lowest BCUT2D eigenvalue weighted by molar-refractivity contribution is 0.618. The van der Waals surface area contributed by atoms with Gasteiger partial charge in [0, 0.05) is 22.4 Å². The van der Waals surface area contributed by atoms with E-state index in [0.29, 0.717) is 5.82 Å². The zero-order valence-corrected chi connectivity index (χ0v) is 10.6. The van der Waals surface area contributed by atoms with Crippen LogP contribution in [0.15, 0.2) is 41.1 Å². The number of hydrazine groups is 1. The van der Waals surface area contributed by atoms with Crippen LogP contribution in [0.2, 0.25) is 0 Å². The lowest BCUT2D eigenvalue weighted by atomic mass is 10.0. The number of nitrogen functional groups attached to an aromatic ring is 1. The van der Waals surface area contributed by atoms with Gasteiger partial charge in [0.15, 0.2) is 0 Å². The van der Waals surface area contributed by atoms with Crippen molar-refractivity contribution in [2.75, 3.05) is 5.73 Å². The van der Waals surface area contributed by atoms with E-state index in [9.17, 15) is 0 Å². The fourth-order valence-corrected chi connectivity index (χ4v) is 2.08. The maximum atomic E-state index is 5.83. The first-order valence-corrected chi connectivity index (χ1v) is 5.80. The van der Waals surface area contributed by atoms with Crippen molar-refractivity contribution in [3.8, 4) is 0 Å². The Hall–Kier alpha value is -1.50. The Labute approximate surface area is 107 Å². The van der Waals surface area contributed by atoms with Gasteiger partial charge >= 0.3 is 0 Å². The highest BCUT2D eigenvalue weighted by molar-refractivity contribution is 9.10. The molecule has 2 aromatic rings. The van der Waals surface area contributed by atoms with Gasteiger partial charge in [-0.15, -0.1) is 0 Å². The highest BCUT2D eigenvalue weighted by atomic mass is 79.9. The number of nitrogens with zero attached hydrogens (tertiary/aromatic N) is 2. The lowest BCUT2D eigenvalue weighted by Crippen LogP contribution is -2.30. The van der Waals surface area contributed by atoms with Crippen LogP contribution in [-0.2, 0) is 0 Å². The highest BCUT2D eigenvalue weighted by Gasteiger charge is 2.19. The van der Waals surface area contributed by atoms with Gasteiger partial charge in [-0.2, -0.15) is 0 Å². The summed E-state index contributed by atoms with van der Waals surface area (Å²) in [4.78, 5) is 8.34. The van der Waals surface area contributed by atoms with E-state index in [1.807, 2.05) is 24.3 Å². The Bertz CT molecular complexity index is 471. The number of hydrogen-bond donors (Lipinski definition) is 3. The maximum Gasteiger partial charge on any atom is 0.128 e. The third-order valence-corrected chi connectivity index (χ3v) is 3.08. The number of pyridine rings is 2. The SMILES string of the molecule is NNC(c1cccnc1N)c1ncccc1Br. The van der Waals surface area contributed by atoms with Crippen LogP contribution >= 0.6 is 15.9 Å². The minimum atomic E-state index is -0.292. The molecule has 0 aromatic carbocycles. The number of nitrogens with two attached hydrogens (primary N) is 2. The van der Waals surface area contributed by atoms with E-state index >= 15 is 0 Å². The molecule has 5 N–H and O–H groups in total. The Morgan fingerprint density at radius 3 is 2.53 bits per heavy atom. The van der Waals surface area contributed by atoms with E-state index in [0.717, 1.165) is 15.7 Å². The van der Waals surface area contributed by atoms with Crippen LogP contribution < -0.4 is 17.0 Å². The number of anilines is 1. The van der Waals surface area contributed by atoms with Crippen molar-refractivity contribution >= 4 is 21.7 Å². The summed E-state index contributed by atoms with van der Waals surface area (Å²) in [5.74, 6) is 6.02. The quantitative estimate of drug-likeness (QED) is 0.587. The van der Waals surface area contributed by atoms with E-state index in [2.05, 4.69) is 31.3 Å². The molecule has 0 fully saturated rings. The minimum Gasteiger partial charge on any atom is -0.383 e. The van der Waals surface area contributed by atoms with Crippen molar-refractivity contribution in [2.24, 2.45) is 5.84 Å². The smallest absolute Gasteiger partial charge is 0.128 e. The van der Waals surface area contributed by atoms with Gasteiger partial charge in [-0.25, -0.2) is 10.4 Å². The normalized spacial score (nSPS) is 12.4. The van der Waals surface area contributed by atoms with E-state index in [1.165, 1.54) is 0 Å². The number of halogens is 1. The van der Waals surface area contributed by atoms with E-state index in [1.54, 1.807) is 12.4 Å². The molecule has 88 valence electrons. The first-order valence-electron chi connectivity index (χ1n) is 5.01. The maximum absolute atomic E-state index is 5.83. The van der Waals surface area contributed by atoms with Gasteiger partial charge in [0.25, 0.3) is 0 Å². The average Bonchev–Trinajstić information content (AvgIpc) is 2.34. The molecular formula is C11H12BrN5. The molecule has 0 amide bonds. The molecule has 6 heteroatoms. The van der Waals surface area contributed by atoms with E-state index in [4.69, 9.17) is 11.6 Å². The number of aromatic nitrogens is 2. The van der Waals surface area contributed by atoms with Crippen LogP contribution in [0.25, 0.3) is 0 Å². The molecule has 0 aliphatic carbocycles. The highest BCUT2D eigenvalue weighted by Crippen LogP contribution is 2.28. The van der Waals surface area contributed by atoms with Crippen LogP contribution in [0, 0.1) is 0 Å². The molecular weight excluding hydrogens is 282 g/mol. The molecule has 0 bridgehead atoms. The van der Waals surface area contributed by atoms with Crippen LogP contribution in [0.1, 0.15) is 17.3 Å². The van der Waals surface area contributed by atoms with Crippen molar-refractivity contribution in [1.82, 2.24) is 15.4 Å². The molecule has 0 spiro atoms. The van der Waals surface area contributed by atoms with E-state index < -0.39 is 0 Å². The largest absolute Gasteiger partial charge is 0.383 e. The second-order valence-corrected chi connectivity index (χ2v) is 4.30. The Morgan fingerprint density at radius 1 is 1.18 bits per heavy atom. The lowest BCUT2D eigenvalue weighted by Gasteiger charge is -2.18. The molecule has 0 aliphatic rings. The van der Waals surface area contributed by atoms with Gasteiger partial charge < -0.3 is 5.73 Å². The second-order valence-electron chi connectivity index (χ2n) is 3.45. The zero-order valence-electron chi connectivity index (χ0n) is 8.97. The van der Waals surface area contributed by atoms with Gasteiger partial charge in [-0.3, -0.25) is 10.8 Å². The molecule has 2 heterocycles. The molecule has 0 saturated heterocycles. The summed E-state index contributed by atoms with van der Waals surface area (Å²) in [6.45, 7) is 0. The molecule has 0 radical (unpaired) electrons. The zero-order chi connectivity index (χ0) is 12.3. The fourth-order valence-electron chi connectivity index (χ4n) is 1.60. The van der Waals surface area contributed by atoms with Gasteiger partial charge in [-0.05, 0) is 34.1 Å². The van der Waals surface area contributed by atoms with Crippen molar-refractivity contribution in [1.29, 1.82) is 0 Å². The summed E-state index contributed by atoms with van der Waals surface area (Å²) in [5.41, 5.74) is 10.1. The first kappa shape index (κ1) is 12.0. The first-order chi connectivity index (χ1) is 8.24. The Morgan fingerprint density at radius 2 is 1.88 bits per heavy atom. The van der Waals surface area contributed by atoms with Crippen molar-refractivity contribution in [2.45, 2.75) is 6.04 Å². The van der Waals surface area contributed by atoms with Gasteiger partial charge in [0.05, 0.1) is 11.7 Å². The Balaban J connectivity index is 2.48. The van der Waals surface area contributed by atoms with Crippen LogP contribution in [0.4, 0.5) is 5.82 Å². The second kappa shape index (κ2) is 5.22. The van der Waals surface area contributed by atoms with Crippen molar-refractivity contribution in [3.63, 3.8) is 0 Å². The van der Waals surface area contributed by atoms with Crippen LogP contribution in [-0.4, -0.2) is 9.97 Å². The summed E-state index contributed by atoms with van der Waals surface area (Å²) >= 11 is 3.44. The number of hydrogen-bond acceptors (Lipinski definition) is 5. The predicted molar refractivity (Wildman–Crippen MR) is 69.8 cm³/mol. The summed E-state index contributed by atoms with van der Waals surface area (Å²) in [6.07, 6.45) is 3.34. The number of rotatable bonds is 3. The predicted octanol–water partition coefficient (Wildman–Crippen LogP) is 1.37. The van der Waals surface area contributed by atoms with Crippen molar-refractivity contribution in [3.05, 3.63) is 52.4 Å². The molecule has 2 rings (SSSR count). The van der Waals surface area contributed by atoms with Crippen LogP contribution in [0.3, 0.4) is 0 Å². The van der Waals surface area contributed by atoms with Gasteiger partial charge in [-0.1, -0.05) is 6.07 Å². The molecule has 1 atom stereocenters. The van der Waals surface area contributed by atoms with E-state index in [-0.39, 0.29) is 6.04 Å². The molecule has 2 aromatic heterocycles. The van der Waals surface area contributed by atoms with Gasteiger partial charge in [0.2, 0.25) is 0 Å². The minimum absolute atomic E-state index is 0.292. The molecule has 5 nitrogen and oxygen atoms in total. The molecule has 0 saturated carbocycles. The number of nitrogens with one attached hydrogen (secondary N) is 1. The van der Waals surface area contributed by atoms with Crippen LogP contribution in [0.5, 0.6) is 0 Å². The standard InChI is InChI=1S/C11H12BrN5/c12-8-4-2-5-15-10(8)9(17-14)7-3-1-6-16-11(7)13/h1-6,9,17H,14H2,(H2,13,16). The van der Waals surface area contributed by atoms with Crippen molar-refractivity contribution < 1.29 is 0 Å².